The van der Waals surface area contributed by atoms with Crippen LogP contribution >= 0.6 is 0 Å². The minimum atomic E-state index is 0.0306. The summed E-state index contributed by atoms with van der Waals surface area (Å²) in [6.07, 6.45) is 4.68. The molecule has 0 aromatic heterocycles. The molecule has 2 heterocycles. The third-order valence-electron chi connectivity index (χ3n) is 6.23. The van der Waals surface area contributed by atoms with Gasteiger partial charge in [-0.3, -0.25) is 4.90 Å². The lowest BCUT2D eigenvalue weighted by molar-refractivity contribution is 0.0533. The fraction of sp³-hybridized carbons (Fsp3) is 0.435. The molecule has 0 bridgehead atoms. The van der Waals surface area contributed by atoms with Crippen molar-refractivity contribution in [1.82, 2.24) is 9.80 Å². The van der Waals surface area contributed by atoms with Crippen molar-refractivity contribution < 1.29 is 4.79 Å². The molecule has 2 aromatic carbocycles. The van der Waals surface area contributed by atoms with E-state index < -0.39 is 0 Å². The molecule has 4 heteroatoms. The number of amides is 2. The van der Waals surface area contributed by atoms with Gasteiger partial charge in [0, 0.05) is 30.9 Å². The fourth-order valence-electron chi connectivity index (χ4n) is 4.71. The van der Waals surface area contributed by atoms with Gasteiger partial charge in [-0.25, -0.2) is 4.79 Å². The molecule has 142 valence electrons. The van der Waals surface area contributed by atoms with Gasteiger partial charge >= 0.3 is 6.03 Å². The third kappa shape index (κ3) is 3.86. The monoisotopic (exact) mass is 363 g/mol. The van der Waals surface area contributed by atoms with Crippen molar-refractivity contribution >= 4 is 11.7 Å². The molecule has 2 aliphatic heterocycles. The maximum absolute atomic E-state index is 12.8. The number of nitrogens with one attached hydrogen (secondary N) is 1. The Balaban J connectivity index is 1.47. The highest BCUT2D eigenvalue weighted by Crippen LogP contribution is 2.38. The second-order valence-electron chi connectivity index (χ2n) is 8.00. The standard InChI is InChI=1S/C23H29N3O/c1-19-9-5-6-10-20(19)17-26-16-8-14-23(26)13-7-15-25(18-23)22(27)24-21-11-3-2-4-12-21/h2-6,9-12H,7-8,13-18H2,1H3,(H,24,27)/t23-/m1/s1. The van der Waals surface area contributed by atoms with E-state index in [1.807, 2.05) is 35.2 Å². The second-order valence-corrected chi connectivity index (χ2v) is 8.00. The van der Waals surface area contributed by atoms with Crippen LogP contribution in [0.3, 0.4) is 0 Å². The highest BCUT2D eigenvalue weighted by Gasteiger charge is 2.44. The van der Waals surface area contributed by atoms with E-state index in [1.165, 1.54) is 30.4 Å². The summed E-state index contributed by atoms with van der Waals surface area (Å²) in [7, 11) is 0. The zero-order valence-electron chi connectivity index (χ0n) is 16.2. The van der Waals surface area contributed by atoms with Crippen molar-refractivity contribution in [2.75, 3.05) is 25.0 Å². The summed E-state index contributed by atoms with van der Waals surface area (Å²) in [6.45, 7) is 5.98. The first-order chi connectivity index (χ1) is 13.2. The van der Waals surface area contributed by atoms with Gasteiger partial charge in [-0.15, -0.1) is 0 Å². The third-order valence-corrected chi connectivity index (χ3v) is 6.23. The van der Waals surface area contributed by atoms with Gasteiger partial charge in [0.15, 0.2) is 0 Å². The van der Waals surface area contributed by atoms with Crippen molar-refractivity contribution in [3.8, 4) is 0 Å². The largest absolute Gasteiger partial charge is 0.323 e. The predicted molar refractivity (Wildman–Crippen MR) is 110 cm³/mol. The molecule has 0 radical (unpaired) electrons. The molecule has 1 spiro atoms. The quantitative estimate of drug-likeness (QED) is 0.861. The number of anilines is 1. The number of carbonyl (C=O) groups excluding carboxylic acids is 1. The van der Waals surface area contributed by atoms with Crippen molar-refractivity contribution in [1.29, 1.82) is 0 Å². The number of rotatable bonds is 3. The molecule has 2 fully saturated rings. The van der Waals surface area contributed by atoms with Crippen LogP contribution < -0.4 is 5.32 Å². The lowest BCUT2D eigenvalue weighted by atomic mass is 9.86. The normalized spacial score (nSPS) is 22.9. The number of para-hydroxylation sites is 1. The molecule has 2 amide bonds. The molecule has 1 atom stereocenters. The van der Waals surface area contributed by atoms with E-state index in [0.717, 1.165) is 38.3 Å². The SMILES string of the molecule is Cc1ccccc1CN1CCC[C@@]12CCCN(C(=O)Nc1ccccc1)C2. The van der Waals surface area contributed by atoms with Gasteiger partial charge in [-0.2, -0.15) is 0 Å². The van der Waals surface area contributed by atoms with Gasteiger partial charge in [-0.05, 0) is 62.4 Å². The van der Waals surface area contributed by atoms with E-state index in [4.69, 9.17) is 0 Å². The van der Waals surface area contributed by atoms with Crippen LogP contribution in [0.25, 0.3) is 0 Å². The summed E-state index contributed by atoms with van der Waals surface area (Å²) >= 11 is 0. The average molecular weight is 364 g/mol. The van der Waals surface area contributed by atoms with E-state index in [2.05, 4.69) is 41.4 Å². The van der Waals surface area contributed by atoms with Crippen molar-refractivity contribution in [3.63, 3.8) is 0 Å². The highest BCUT2D eigenvalue weighted by molar-refractivity contribution is 5.89. The van der Waals surface area contributed by atoms with Gasteiger partial charge in [-0.1, -0.05) is 42.5 Å². The highest BCUT2D eigenvalue weighted by atomic mass is 16.2. The maximum atomic E-state index is 12.8. The zero-order valence-corrected chi connectivity index (χ0v) is 16.2. The van der Waals surface area contributed by atoms with Gasteiger partial charge in [0.1, 0.15) is 0 Å². The first kappa shape index (κ1) is 18.1. The molecule has 0 saturated carbocycles. The average Bonchev–Trinajstić information content (AvgIpc) is 3.06. The number of benzene rings is 2. The van der Waals surface area contributed by atoms with Gasteiger partial charge in [0.05, 0.1) is 0 Å². The molecule has 2 saturated heterocycles. The van der Waals surface area contributed by atoms with E-state index >= 15 is 0 Å². The summed E-state index contributed by atoms with van der Waals surface area (Å²) < 4.78 is 0. The molecule has 1 N–H and O–H groups in total. The fourth-order valence-corrected chi connectivity index (χ4v) is 4.71. The second kappa shape index (κ2) is 7.73. The summed E-state index contributed by atoms with van der Waals surface area (Å²) in [6, 6.07) is 18.5. The molecule has 2 aromatic rings. The minimum absolute atomic E-state index is 0.0306. The molecule has 27 heavy (non-hydrogen) atoms. The Bertz CT molecular complexity index is 791. The molecular weight excluding hydrogens is 334 g/mol. The first-order valence-electron chi connectivity index (χ1n) is 10.1. The van der Waals surface area contributed by atoms with E-state index in [9.17, 15) is 4.79 Å². The molecule has 0 aliphatic carbocycles. The van der Waals surface area contributed by atoms with Crippen LogP contribution in [0.15, 0.2) is 54.6 Å². The lowest BCUT2D eigenvalue weighted by Gasteiger charge is -2.46. The molecule has 4 nitrogen and oxygen atoms in total. The number of urea groups is 1. The Morgan fingerprint density at radius 1 is 1.00 bits per heavy atom. The van der Waals surface area contributed by atoms with Crippen LogP contribution in [0.5, 0.6) is 0 Å². The summed E-state index contributed by atoms with van der Waals surface area (Å²) in [5.41, 5.74) is 3.76. The van der Waals surface area contributed by atoms with Crippen molar-refractivity contribution in [2.24, 2.45) is 0 Å². The number of hydrogen-bond acceptors (Lipinski definition) is 2. The van der Waals surface area contributed by atoms with Gasteiger partial charge in [0.2, 0.25) is 0 Å². The zero-order chi connectivity index (χ0) is 18.7. The van der Waals surface area contributed by atoms with Gasteiger partial charge in [0.25, 0.3) is 0 Å². The maximum Gasteiger partial charge on any atom is 0.321 e. The van der Waals surface area contributed by atoms with Crippen LogP contribution in [0, 0.1) is 6.92 Å². The molecule has 0 unspecified atom stereocenters. The Hall–Kier alpha value is -2.33. The Morgan fingerprint density at radius 2 is 1.70 bits per heavy atom. The van der Waals surface area contributed by atoms with Crippen LogP contribution in [0.1, 0.15) is 36.8 Å². The number of aryl methyl sites for hydroxylation is 1. The number of hydrogen-bond donors (Lipinski definition) is 1. The van der Waals surface area contributed by atoms with E-state index in [-0.39, 0.29) is 11.6 Å². The molecule has 4 rings (SSSR count). The number of nitrogens with zero attached hydrogens (tertiary/aromatic N) is 2. The minimum Gasteiger partial charge on any atom is -0.323 e. The first-order valence-corrected chi connectivity index (χ1v) is 10.1. The lowest BCUT2D eigenvalue weighted by Crippen LogP contribution is -2.57. The topological polar surface area (TPSA) is 35.6 Å². The molecule has 2 aliphatic rings. The Morgan fingerprint density at radius 3 is 2.48 bits per heavy atom. The van der Waals surface area contributed by atoms with E-state index in [1.54, 1.807) is 0 Å². The van der Waals surface area contributed by atoms with Crippen molar-refractivity contribution in [3.05, 3.63) is 65.7 Å². The Labute approximate surface area is 162 Å². The van der Waals surface area contributed by atoms with Crippen LogP contribution in [-0.4, -0.2) is 41.0 Å². The predicted octanol–water partition coefficient (Wildman–Crippen LogP) is 4.66. The molecular formula is C23H29N3O. The number of piperidine rings is 1. The summed E-state index contributed by atoms with van der Waals surface area (Å²) in [5, 5.41) is 3.06. The number of carbonyl (C=O) groups is 1. The number of likely N-dealkylation sites (tertiary alicyclic amines) is 2. The van der Waals surface area contributed by atoms with Crippen LogP contribution in [0.2, 0.25) is 0 Å². The summed E-state index contributed by atoms with van der Waals surface area (Å²) in [5.74, 6) is 0. The van der Waals surface area contributed by atoms with Crippen molar-refractivity contribution in [2.45, 2.75) is 44.7 Å². The van der Waals surface area contributed by atoms with Crippen LogP contribution in [0.4, 0.5) is 10.5 Å². The smallest absolute Gasteiger partial charge is 0.321 e. The Kier molecular flexibility index (Phi) is 5.17. The van der Waals surface area contributed by atoms with Crippen LogP contribution in [-0.2, 0) is 6.54 Å². The van der Waals surface area contributed by atoms with Gasteiger partial charge < -0.3 is 10.2 Å². The van der Waals surface area contributed by atoms with E-state index in [0.29, 0.717) is 0 Å². The summed E-state index contributed by atoms with van der Waals surface area (Å²) in [4.78, 5) is 17.5.